The second-order valence-electron chi connectivity index (χ2n) is 5.63. The number of benzene rings is 1. The third-order valence-corrected chi connectivity index (χ3v) is 4.48. The fourth-order valence-corrected chi connectivity index (χ4v) is 2.95. The molecule has 0 bridgehead atoms. The summed E-state index contributed by atoms with van der Waals surface area (Å²) in [4.78, 5) is 18.8. The normalized spacial score (nSPS) is 11.5. The zero-order chi connectivity index (χ0) is 21.0. The van der Waals surface area contributed by atoms with Gasteiger partial charge in [0, 0.05) is 33.9 Å². The first kappa shape index (κ1) is 21.1. The van der Waals surface area contributed by atoms with E-state index in [1.807, 2.05) is 0 Å². The van der Waals surface area contributed by atoms with E-state index >= 15 is 0 Å². The van der Waals surface area contributed by atoms with Gasteiger partial charge >= 0.3 is 11.5 Å². The predicted molar refractivity (Wildman–Crippen MR) is 104 cm³/mol. The number of rotatable bonds is 6. The number of nitrogens with one attached hydrogen (secondary N) is 3. The van der Waals surface area contributed by atoms with E-state index in [2.05, 4.69) is 20.6 Å². The molecule has 2 aromatic heterocycles. The third-order valence-electron chi connectivity index (χ3n) is 3.55. The number of carbonyl (C=O) groups excluding carboxylic acids is 1. The molecule has 0 spiro atoms. The molecule has 0 saturated carbocycles. The molecule has 0 aliphatic rings. The van der Waals surface area contributed by atoms with E-state index < -0.39 is 29.0 Å². The molecule has 6 nitrogen and oxygen atoms in total. The fourth-order valence-electron chi connectivity index (χ4n) is 2.38. The lowest BCUT2D eigenvalue weighted by Gasteiger charge is -2.10. The molecule has 0 atom stereocenters. The van der Waals surface area contributed by atoms with Crippen molar-refractivity contribution in [2.75, 3.05) is 23.0 Å². The molecule has 0 fully saturated rings. The highest BCUT2D eigenvalue weighted by molar-refractivity contribution is 8.00. The van der Waals surface area contributed by atoms with Crippen molar-refractivity contribution in [3.63, 3.8) is 0 Å². The van der Waals surface area contributed by atoms with E-state index in [0.29, 0.717) is 16.1 Å². The first-order valence-corrected chi connectivity index (χ1v) is 9.41. The number of anilines is 2. The molecule has 29 heavy (non-hydrogen) atoms. The molecule has 3 aromatic rings. The van der Waals surface area contributed by atoms with Crippen molar-refractivity contribution >= 4 is 51.7 Å². The Labute approximate surface area is 171 Å². The number of carbonyl (C=O) groups is 1. The highest BCUT2D eigenvalue weighted by Crippen LogP contribution is 2.30. The van der Waals surface area contributed by atoms with E-state index in [4.69, 9.17) is 16.3 Å². The Morgan fingerprint density at radius 2 is 2.07 bits per heavy atom. The van der Waals surface area contributed by atoms with Gasteiger partial charge in [0.15, 0.2) is 5.82 Å². The zero-order valence-electron chi connectivity index (χ0n) is 14.4. The number of hydrogen-bond donors (Lipinski definition) is 3. The SMILES string of the molecule is O=C(Nc1cnc(OCCSC(F)(F)F)c(F)c1)Nc1c[nH]c2ccc(Cl)cc12. The van der Waals surface area contributed by atoms with Gasteiger partial charge in [-0.05, 0) is 30.0 Å². The van der Waals surface area contributed by atoms with Gasteiger partial charge in [0.1, 0.15) is 0 Å². The van der Waals surface area contributed by atoms with Crippen LogP contribution in [0.4, 0.5) is 33.7 Å². The monoisotopic (exact) mass is 448 g/mol. The van der Waals surface area contributed by atoms with Crippen LogP contribution in [0.5, 0.6) is 5.88 Å². The number of thioether (sulfide) groups is 1. The molecule has 0 aliphatic heterocycles. The maximum absolute atomic E-state index is 14.0. The third kappa shape index (κ3) is 5.91. The Hall–Kier alpha value is -2.66. The lowest BCUT2D eigenvalue weighted by atomic mass is 10.2. The van der Waals surface area contributed by atoms with Gasteiger partial charge in [-0.15, -0.1) is 0 Å². The Balaban J connectivity index is 1.57. The molecule has 154 valence electrons. The quantitative estimate of drug-likeness (QED) is 0.337. The van der Waals surface area contributed by atoms with Crippen LogP contribution in [0.25, 0.3) is 10.9 Å². The van der Waals surface area contributed by atoms with Crippen LogP contribution in [0.15, 0.2) is 36.7 Å². The number of nitrogens with zero attached hydrogens (tertiary/aromatic N) is 1. The lowest BCUT2D eigenvalue weighted by Crippen LogP contribution is -2.19. The fraction of sp³-hybridized carbons (Fsp3) is 0.176. The summed E-state index contributed by atoms with van der Waals surface area (Å²) >= 11 is 5.67. The minimum atomic E-state index is -4.38. The van der Waals surface area contributed by atoms with Crippen molar-refractivity contribution < 1.29 is 27.1 Å². The summed E-state index contributed by atoms with van der Waals surface area (Å²) in [5, 5.41) is 6.20. The minimum absolute atomic E-state index is 0.0369. The minimum Gasteiger partial charge on any atom is -0.475 e. The van der Waals surface area contributed by atoms with Crippen LogP contribution in [-0.2, 0) is 0 Å². The number of amides is 2. The number of hydrogen-bond acceptors (Lipinski definition) is 4. The summed E-state index contributed by atoms with van der Waals surface area (Å²) in [6, 6.07) is 5.43. The van der Waals surface area contributed by atoms with Crippen LogP contribution in [0.2, 0.25) is 5.02 Å². The molecule has 0 aliphatic carbocycles. The van der Waals surface area contributed by atoms with Crippen molar-refractivity contribution in [1.82, 2.24) is 9.97 Å². The van der Waals surface area contributed by atoms with Crippen molar-refractivity contribution in [2.24, 2.45) is 0 Å². The Morgan fingerprint density at radius 1 is 1.28 bits per heavy atom. The smallest absolute Gasteiger partial charge is 0.441 e. The Kier molecular flexibility index (Phi) is 6.38. The molecule has 0 radical (unpaired) electrons. The van der Waals surface area contributed by atoms with E-state index in [9.17, 15) is 22.4 Å². The van der Waals surface area contributed by atoms with E-state index in [0.717, 1.165) is 17.8 Å². The largest absolute Gasteiger partial charge is 0.475 e. The topological polar surface area (TPSA) is 79.0 Å². The number of aromatic nitrogens is 2. The highest BCUT2D eigenvalue weighted by atomic mass is 35.5. The maximum Gasteiger partial charge on any atom is 0.441 e. The molecule has 0 saturated heterocycles. The van der Waals surface area contributed by atoms with Crippen LogP contribution in [0.1, 0.15) is 0 Å². The molecule has 12 heteroatoms. The van der Waals surface area contributed by atoms with Gasteiger partial charge in [0.2, 0.25) is 0 Å². The predicted octanol–water partition coefficient (Wildman–Crippen LogP) is 5.63. The average molecular weight is 449 g/mol. The Morgan fingerprint density at radius 3 is 2.79 bits per heavy atom. The summed E-state index contributed by atoms with van der Waals surface area (Å²) in [6.07, 6.45) is 2.70. The number of H-pyrrole nitrogens is 1. The maximum atomic E-state index is 14.0. The standard InChI is InChI=1S/C17H13ClF4N4O2S/c18-9-1-2-13-11(5-9)14(8-23-13)26-16(27)25-10-6-12(19)15(24-7-10)28-3-4-29-17(20,21)22/h1-2,5-8,23H,3-4H2,(H2,25,26,27). The number of alkyl halides is 3. The number of pyridine rings is 1. The molecular formula is C17H13ClF4N4O2S. The average Bonchev–Trinajstić information content (AvgIpc) is 3.01. The van der Waals surface area contributed by atoms with E-state index in [1.54, 1.807) is 24.4 Å². The summed E-state index contributed by atoms with van der Waals surface area (Å²) in [5.41, 5.74) is -3.11. The van der Waals surface area contributed by atoms with Crippen LogP contribution in [0, 0.1) is 5.82 Å². The zero-order valence-corrected chi connectivity index (χ0v) is 16.0. The van der Waals surface area contributed by atoms with E-state index in [-0.39, 0.29) is 24.1 Å². The molecule has 2 heterocycles. The van der Waals surface area contributed by atoms with Gasteiger partial charge in [-0.2, -0.15) is 13.2 Å². The van der Waals surface area contributed by atoms with Crippen molar-refractivity contribution in [3.8, 4) is 5.88 Å². The number of aromatic amines is 1. The van der Waals surface area contributed by atoms with Gasteiger partial charge < -0.3 is 20.4 Å². The first-order chi connectivity index (χ1) is 13.7. The molecule has 0 unspecified atom stereocenters. The van der Waals surface area contributed by atoms with Gasteiger partial charge in [0.25, 0.3) is 5.88 Å². The second-order valence-corrected chi connectivity index (χ2v) is 7.22. The van der Waals surface area contributed by atoms with Gasteiger partial charge in [-0.25, -0.2) is 14.2 Å². The van der Waals surface area contributed by atoms with Crippen molar-refractivity contribution in [2.45, 2.75) is 5.51 Å². The van der Waals surface area contributed by atoms with Crippen LogP contribution in [-0.4, -0.2) is 33.9 Å². The Bertz CT molecular complexity index is 1030. The highest BCUT2D eigenvalue weighted by Gasteiger charge is 2.27. The van der Waals surface area contributed by atoms with Crippen LogP contribution >= 0.6 is 23.4 Å². The summed E-state index contributed by atoms with van der Waals surface area (Å²) in [7, 11) is 0. The van der Waals surface area contributed by atoms with E-state index in [1.165, 1.54) is 0 Å². The molecule has 3 N–H and O–H groups in total. The number of urea groups is 1. The lowest BCUT2D eigenvalue weighted by molar-refractivity contribution is -0.0329. The second kappa shape index (κ2) is 8.78. The first-order valence-electron chi connectivity index (χ1n) is 8.05. The summed E-state index contributed by atoms with van der Waals surface area (Å²) in [6.45, 7) is -0.371. The number of ether oxygens (including phenoxy) is 1. The van der Waals surface area contributed by atoms with Gasteiger partial charge in [-0.1, -0.05) is 11.6 Å². The van der Waals surface area contributed by atoms with Crippen LogP contribution in [0.3, 0.4) is 0 Å². The molecule has 1 aromatic carbocycles. The van der Waals surface area contributed by atoms with Crippen molar-refractivity contribution in [3.05, 3.63) is 47.5 Å². The van der Waals surface area contributed by atoms with Gasteiger partial charge in [-0.3, -0.25) is 0 Å². The number of halogens is 5. The molecule has 2 amide bonds. The molecular weight excluding hydrogens is 436 g/mol. The summed E-state index contributed by atoms with van der Waals surface area (Å²) < 4.78 is 55.0. The van der Waals surface area contributed by atoms with Crippen molar-refractivity contribution in [1.29, 1.82) is 0 Å². The van der Waals surface area contributed by atoms with Gasteiger partial charge in [0.05, 0.1) is 24.2 Å². The number of fused-ring (bicyclic) bond motifs is 1. The summed E-state index contributed by atoms with van der Waals surface area (Å²) in [5.74, 6) is -1.77. The van der Waals surface area contributed by atoms with Crippen LogP contribution < -0.4 is 15.4 Å². The molecule has 3 rings (SSSR count).